The summed E-state index contributed by atoms with van der Waals surface area (Å²) in [6.07, 6.45) is 2.27. The predicted molar refractivity (Wildman–Crippen MR) is 109 cm³/mol. The molecule has 0 amide bonds. The van der Waals surface area contributed by atoms with Crippen LogP contribution in [0.15, 0.2) is 62.9 Å². The molecule has 152 valence electrons. The predicted octanol–water partition coefficient (Wildman–Crippen LogP) is 2.85. The van der Waals surface area contributed by atoms with Crippen molar-refractivity contribution in [2.45, 2.75) is 12.3 Å². The van der Waals surface area contributed by atoms with Gasteiger partial charge in [0.15, 0.2) is 5.43 Å². The summed E-state index contributed by atoms with van der Waals surface area (Å²) >= 11 is 6.00. The second kappa shape index (κ2) is 7.64. The van der Waals surface area contributed by atoms with E-state index in [4.69, 9.17) is 20.8 Å². The van der Waals surface area contributed by atoms with Gasteiger partial charge in [0.25, 0.3) is 5.56 Å². The maximum Gasteiger partial charge on any atom is 0.306 e. The molecule has 0 saturated heterocycles. The first-order valence-electron chi connectivity index (χ1n) is 8.88. The molecule has 0 aliphatic rings. The molecule has 0 radical (unpaired) electrons. The van der Waals surface area contributed by atoms with Crippen LogP contribution in [0.1, 0.15) is 23.5 Å². The highest BCUT2D eigenvalue weighted by molar-refractivity contribution is 6.31. The molecule has 30 heavy (non-hydrogen) atoms. The molecule has 0 saturated carbocycles. The van der Waals surface area contributed by atoms with Gasteiger partial charge in [-0.3, -0.25) is 18.8 Å². The first kappa shape index (κ1) is 19.7. The number of carbonyl (C=O) groups excluding carboxylic acids is 1. The molecule has 4 aromatic rings. The van der Waals surface area contributed by atoms with Crippen molar-refractivity contribution in [3.05, 3.63) is 85.6 Å². The number of aromatic nitrogens is 2. The number of fused-ring (bicyclic) bond motifs is 2. The molecule has 1 aromatic carbocycles. The monoisotopic (exact) mass is 426 g/mol. The zero-order valence-corrected chi connectivity index (χ0v) is 16.4. The molecule has 0 unspecified atom stereocenters. The van der Waals surface area contributed by atoms with Gasteiger partial charge in [0.05, 0.1) is 30.7 Å². The number of rotatable bonds is 4. The number of benzene rings is 1. The van der Waals surface area contributed by atoms with E-state index in [-0.39, 0.29) is 28.6 Å². The molecule has 0 aliphatic carbocycles. The molecular formula is C21H15ClN2O6. The van der Waals surface area contributed by atoms with Crippen LogP contribution < -0.4 is 11.0 Å². The van der Waals surface area contributed by atoms with E-state index in [1.807, 2.05) is 0 Å². The van der Waals surface area contributed by atoms with Crippen LogP contribution in [0.4, 0.5) is 0 Å². The summed E-state index contributed by atoms with van der Waals surface area (Å²) in [4.78, 5) is 42.4. The lowest BCUT2D eigenvalue weighted by molar-refractivity contribution is -0.140. The number of halogens is 1. The molecule has 3 heterocycles. The van der Waals surface area contributed by atoms with Gasteiger partial charge in [-0.1, -0.05) is 17.7 Å². The fraction of sp³-hybridized carbons (Fsp3) is 0.143. The Labute approximate surface area is 173 Å². The van der Waals surface area contributed by atoms with Crippen LogP contribution in [-0.4, -0.2) is 27.6 Å². The average Bonchev–Trinajstić information content (AvgIpc) is 2.73. The molecule has 0 bridgehead atoms. The van der Waals surface area contributed by atoms with Crippen LogP contribution >= 0.6 is 11.6 Å². The first-order valence-corrected chi connectivity index (χ1v) is 9.26. The minimum absolute atomic E-state index is 0.000229. The van der Waals surface area contributed by atoms with E-state index in [0.29, 0.717) is 10.6 Å². The number of hydrogen-bond acceptors (Lipinski definition) is 7. The highest BCUT2D eigenvalue weighted by Gasteiger charge is 2.29. The Bertz CT molecular complexity index is 1410. The van der Waals surface area contributed by atoms with E-state index in [1.165, 1.54) is 30.0 Å². The number of carbonyl (C=O) groups is 1. The molecule has 1 atom stereocenters. The van der Waals surface area contributed by atoms with Gasteiger partial charge in [0.2, 0.25) is 5.88 Å². The molecule has 0 spiro atoms. The van der Waals surface area contributed by atoms with Crippen molar-refractivity contribution >= 4 is 34.2 Å². The number of ether oxygens (including phenoxy) is 1. The Morgan fingerprint density at radius 1 is 1.30 bits per heavy atom. The molecule has 9 heteroatoms. The number of methoxy groups -OCH3 is 1. The highest BCUT2D eigenvalue weighted by Crippen LogP contribution is 2.31. The van der Waals surface area contributed by atoms with Crippen LogP contribution in [0, 0.1) is 0 Å². The van der Waals surface area contributed by atoms with Crippen LogP contribution in [0.25, 0.3) is 16.6 Å². The lowest BCUT2D eigenvalue weighted by Crippen LogP contribution is -2.27. The van der Waals surface area contributed by atoms with Crippen molar-refractivity contribution in [1.29, 1.82) is 0 Å². The van der Waals surface area contributed by atoms with Gasteiger partial charge in [-0.15, -0.1) is 0 Å². The van der Waals surface area contributed by atoms with E-state index in [2.05, 4.69) is 4.98 Å². The van der Waals surface area contributed by atoms with Crippen molar-refractivity contribution in [2.24, 2.45) is 0 Å². The molecule has 8 nitrogen and oxygen atoms in total. The van der Waals surface area contributed by atoms with E-state index in [1.54, 1.807) is 30.3 Å². The summed E-state index contributed by atoms with van der Waals surface area (Å²) in [5.41, 5.74) is -0.791. The number of esters is 1. The fourth-order valence-electron chi connectivity index (χ4n) is 3.37. The Kier molecular flexibility index (Phi) is 5.01. The van der Waals surface area contributed by atoms with Crippen LogP contribution in [0.3, 0.4) is 0 Å². The third kappa shape index (κ3) is 3.31. The maximum atomic E-state index is 13.2. The first-order chi connectivity index (χ1) is 14.4. The van der Waals surface area contributed by atoms with E-state index < -0.39 is 28.8 Å². The lowest BCUT2D eigenvalue weighted by atomic mass is 9.90. The van der Waals surface area contributed by atoms with Gasteiger partial charge in [-0.05, 0) is 30.3 Å². The van der Waals surface area contributed by atoms with E-state index in [0.717, 1.165) is 0 Å². The molecule has 1 N–H and O–H groups in total. The van der Waals surface area contributed by atoms with Gasteiger partial charge in [-0.2, -0.15) is 4.98 Å². The highest BCUT2D eigenvalue weighted by atomic mass is 35.5. The van der Waals surface area contributed by atoms with E-state index >= 15 is 0 Å². The number of nitrogens with zero attached hydrogens (tertiary/aromatic N) is 2. The van der Waals surface area contributed by atoms with Crippen molar-refractivity contribution in [1.82, 2.24) is 9.38 Å². The van der Waals surface area contributed by atoms with Crippen LogP contribution in [-0.2, 0) is 9.53 Å². The summed E-state index contributed by atoms with van der Waals surface area (Å²) in [6, 6.07) is 9.39. The SMILES string of the molecule is COC(=O)C[C@@H](c1coc2ccc(Cl)cc2c1=O)c1c(O)nc2ccccn2c1=O. The van der Waals surface area contributed by atoms with Gasteiger partial charge in [0, 0.05) is 22.7 Å². The maximum absolute atomic E-state index is 13.2. The summed E-state index contributed by atoms with van der Waals surface area (Å²) in [7, 11) is 1.19. The van der Waals surface area contributed by atoms with Crippen LogP contribution in [0.2, 0.25) is 5.02 Å². The van der Waals surface area contributed by atoms with E-state index in [9.17, 15) is 19.5 Å². The van der Waals surface area contributed by atoms with Crippen LogP contribution in [0.5, 0.6) is 5.88 Å². The van der Waals surface area contributed by atoms with Crippen molar-refractivity contribution < 1.29 is 19.1 Å². The smallest absolute Gasteiger partial charge is 0.306 e. The van der Waals surface area contributed by atoms with Gasteiger partial charge < -0.3 is 14.3 Å². The topological polar surface area (TPSA) is 111 Å². The van der Waals surface area contributed by atoms with Crippen molar-refractivity contribution in [3.8, 4) is 5.88 Å². The summed E-state index contributed by atoms with van der Waals surface area (Å²) in [6.45, 7) is 0. The Morgan fingerprint density at radius 2 is 2.10 bits per heavy atom. The molecular weight excluding hydrogens is 412 g/mol. The fourth-order valence-corrected chi connectivity index (χ4v) is 3.54. The number of aromatic hydroxyl groups is 1. The number of hydrogen-bond donors (Lipinski definition) is 1. The van der Waals surface area contributed by atoms with Gasteiger partial charge in [0.1, 0.15) is 11.2 Å². The van der Waals surface area contributed by atoms with Gasteiger partial charge >= 0.3 is 5.97 Å². The third-order valence-corrected chi connectivity index (χ3v) is 5.07. The minimum atomic E-state index is -1.14. The molecule has 4 rings (SSSR count). The molecule has 0 fully saturated rings. The molecule has 3 aromatic heterocycles. The third-order valence-electron chi connectivity index (χ3n) is 4.83. The van der Waals surface area contributed by atoms with Gasteiger partial charge in [-0.25, -0.2) is 0 Å². The summed E-state index contributed by atoms with van der Waals surface area (Å²) in [5.74, 6) is -2.40. The lowest BCUT2D eigenvalue weighted by Gasteiger charge is -2.17. The Hall–Kier alpha value is -3.65. The van der Waals surface area contributed by atoms with Crippen molar-refractivity contribution in [2.75, 3.05) is 7.11 Å². The average molecular weight is 427 g/mol. The second-order valence-corrected chi connectivity index (χ2v) is 7.01. The summed E-state index contributed by atoms with van der Waals surface area (Å²) < 4.78 is 11.5. The Morgan fingerprint density at radius 3 is 2.87 bits per heavy atom. The zero-order chi connectivity index (χ0) is 21.4. The largest absolute Gasteiger partial charge is 0.493 e. The molecule has 0 aliphatic heterocycles. The zero-order valence-electron chi connectivity index (χ0n) is 15.7. The van der Waals surface area contributed by atoms with Crippen molar-refractivity contribution in [3.63, 3.8) is 0 Å². The summed E-state index contributed by atoms with van der Waals surface area (Å²) in [5, 5.41) is 11.0. The second-order valence-electron chi connectivity index (χ2n) is 6.58. The normalized spacial score (nSPS) is 12.2. The minimum Gasteiger partial charge on any atom is -0.493 e. The number of pyridine rings is 1. The quantitative estimate of drug-likeness (QED) is 0.499. The standard InChI is InChI=1S/C21H15ClN2O6/c1-29-17(25)9-12(14-10-30-15-6-5-11(22)8-13(15)19(14)26)18-20(27)23-16-4-2-3-7-24(16)21(18)28/h2-8,10,12,27H,9H2,1H3/t12-/m0/s1. The Balaban J connectivity index is 2.02.